The monoisotopic (exact) mass is 217 g/mol. The van der Waals surface area contributed by atoms with Gasteiger partial charge in [-0.3, -0.25) is 4.68 Å². The molecule has 0 radical (unpaired) electrons. The lowest BCUT2D eigenvalue weighted by atomic mass is 10.1. The lowest BCUT2D eigenvalue weighted by Crippen LogP contribution is -2.13. The van der Waals surface area contributed by atoms with Gasteiger partial charge < -0.3 is 5.73 Å². The van der Waals surface area contributed by atoms with Crippen LogP contribution in [0.15, 0.2) is 0 Å². The zero-order valence-corrected chi connectivity index (χ0v) is 9.30. The molecular weight excluding hydrogens is 200 g/mol. The summed E-state index contributed by atoms with van der Waals surface area (Å²) in [5.41, 5.74) is 8.02. The minimum Gasteiger partial charge on any atom is -0.396 e. The van der Waals surface area contributed by atoms with Gasteiger partial charge in [0.05, 0.1) is 17.1 Å². The quantitative estimate of drug-likeness (QED) is 0.841. The summed E-state index contributed by atoms with van der Waals surface area (Å²) in [4.78, 5) is 0. The van der Waals surface area contributed by atoms with Crippen LogP contribution in [0.2, 0.25) is 0 Å². The fraction of sp³-hybridized carbons (Fsp3) is 0.700. The summed E-state index contributed by atoms with van der Waals surface area (Å²) in [5.74, 6) is -0.0950. The van der Waals surface area contributed by atoms with Gasteiger partial charge in [-0.1, -0.05) is 6.92 Å². The molecule has 0 saturated heterocycles. The number of hydrogen-bond donors (Lipinski definition) is 1. The summed E-state index contributed by atoms with van der Waals surface area (Å²) in [6, 6.07) is 0. The van der Waals surface area contributed by atoms with E-state index in [2.05, 4.69) is 5.10 Å². The Morgan fingerprint density at radius 1 is 1.40 bits per heavy atom. The standard InChI is InChI=1S/C10H17F2N3/c1-6(4-9(11)12)5-15-8(3)10(13)7(2)14-15/h6,9H,4-5,13H2,1-3H3. The smallest absolute Gasteiger partial charge is 0.239 e. The highest BCUT2D eigenvalue weighted by Crippen LogP contribution is 2.18. The molecule has 1 atom stereocenters. The maximum absolute atomic E-state index is 12.1. The van der Waals surface area contributed by atoms with Crippen molar-refractivity contribution in [3.8, 4) is 0 Å². The van der Waals surface area contributed by atoms with Crippen LogP contribution in [-0.4, -0.2) is 16.2 Å². The molecule has 1 rings (SSSR count). The highest BCUT2D eigenvalue weighted by molar-refractivity contribution is 5.46. The minimum absolute atomic E-state index is 0.0950. The first-order chi connectivity index (χ1) is 6.91. The molecule has 3 nitrogen and oxygen atoms in total. The van der Waals surface area contributed by atoms with Gasteiger partial charge in [0, 0.05) is 13.0 Å². The molecular formula is C10H17F2N3. The number of rotatable bonds is 4. The minimum atomic E-state index is -2.26. The molecule has 5 heteroatoms. The first kappa shape index (κ1) is 11.9. The molecule has 0 fully saturated rings. The van der Waals surface area contributed by atoms with Crippen molar-refractivity contribution >= 4 is 5.69 Å². The lowest BCUT2D eigenvalue weighted by molar-refractivity contribution is 0.113. The molecule has 0 aromatic carbocycles. The van der Waals surface area contributed by atoms with Gasteiger partial charge in [-0.05, 0) is 19.8 Å². The first-order valence-electron chi connectivity index (χ1n) is 4.99. The molecule has 1 aromatic heterocycles. The largest absolute Gasteiger partial charge is 0.396 e. The van der Waals surface area contributed by atoms with Crippen molar-refractivity contribution in [1.29, 1.82) is 0 Å². The van der Waals surface area contributed by atoms with Crippen molar-refractivity contribution in [1.82, 2.24) is 9.78 Å². The maximum atomic E-state index is 12.1. The number of aryl methyl sites for hydroxylation is 1. The van der Waals surface area contributed by atoms with Crippen LogP contribution in [0.25, 0.3) is 0 Å². The molecule has 0 aliphatic heterocycles. The Hall–Kier alpha value is -1.13. The Morgan fingerprint density at radius 2 is 2.00 bits per heavy atom. The molecule has 1 aromatic rings. The summed E-state index contributed by atoms with van der Waals surface area (Å²) in [6.07, 6.45) is -2.35. The highest BCUT2D eigenvalue weighted by Gasteiger charge is 2.14. The number of nitrogens with zero attached hydrogens (tertiary/aromatic N) is 2. The van der Waals surface area contributed by atoms with Gasteiger partial charge in [0.15, 0.2) is 0 Å². The SMILES string of the molecule is Cc1nn(CC(C)CC(F)F)c(C)c1N. The van der Waals surface area contributed by atoms with Crippen LogP contribution in [0, 0.1) is 19.8 Å². The Labute approximate surface area is 88.3 Å². The Kier molecular flexibility index (Phi) is 3.66. The average Bonchev–Trinajstić information content (AvgIpc) is 2.32. The van der Waals surface area contributed by atoms with Gasteiger partial charge in [0.1, 0.15) is 0 Å². The van der Waals surface area contributed by atoms with E-state index in [0.717, 1.165) is 11.4 Å². The van der Waals surface area contributed by atoms with E-state index in [9.17, 15) is 8.78 Å². The summed E-state index contributed by atoms with van der Waals surface area (Å²) in [6.45, 7) is 5.95. The van der Waals surface area contributed by atoms with Crippen LogP contribution in [0.4, 0.5) is 14.5 Å². The molecule has 1 heterocycles. The van der Waals surface area contributed by atoms with Gasteiger partial charge in [-0.2, -0.15) is 5.10 Å². The fourth-order valence-corrected chi connectivity index (χ4v) is 1.56. The number of halogens is 2. The molecule has 0 saturated carbocycles. The molecule has 0 bridgehead atoms. The molecule has 1 unspecified atom stereocenters. The molecule has 86 valence electrons. The van der Waals surface area contributed by atoms with E-state index < -0.39 is 6.43 Å². The zero-order chi connectivity index (χ0) is 11.6. The third kappa shape index (κ3) is 2.91. The molecule has 0 aliphatic rings. The van der Waals surface area contributed by atoms with Crippen molar-refractivity contribution in [3.63, 3.8) is 0 Å². The van der Waals surface area contributed by atoms with E-state index in [4.69, 9.17) is 5.73 Å². The van der Waals surface area contributed by atoms with Crippen molar-refractivity contribution in [2.24, 2.45) is 5.92 Å². The summed E-state index contributed by atoms with van der Waals surface area (Å²) in [7, 11) is 0. The third-order valence-electron chi connectivity index (χ3n) is 2.50. The van der Waals surface area contributed by atoms with Crippen molar-refractivity contribution in [3.05, 3.63) is 11.4 Å². The van der Waals surface area contributed by atoms with Gasteiger partial charge >= 0.3 is 0 Å². The van der Waals surface area contributed by atoms with Crippen LogP contribution in [0.1, 0.15) is 24.7 Å². The number of anilines is 1. The second-order valence-electron chi connectivity index (χ2n) is 4.00. The maximum Gasteiger partial charge on any atom is 0.239 e. The van der Waals surface area contributed by atoms with E-state index in [1.54, 1.807) is 11.6 Å². The zero-order valence-electron chi connectivity index (χ0n) is 9.30. The number of nitrogen functional groups attached to an aromatic ring is 1. The highest BCUT2D eigenvalue weighted by atomic mass is 19.3. The normalized spacial score (nSPS) is 13.5. The lowest BCUT2D eigenvalue weighted by Gasteiger charge is -2.12. The van der Waals surface area contributed by atoms with E-state index in [-0.39, 0.29) is 12.3 Å². The van der Waals surface area contributed by atoms with Crippen molar-refractivity contribution in [2.45, 2.75) is 40.2 Å². The van der Waals surface area contributed by atoms with Gasteiger partial charge in [-0.25, -0.2) is 8.78 Å². The van der Waals surface area contributed by atoms with Crippen LogP contribution >= 0.6 is 0 Å². The van der Waals surface area contributed by atoms with Gasteiger partial charge in [0.2, 0.25) is 6.43 Å². The summed E-state index contributed by atoms with van der Waals surface area (Å²) in [5, 5.41) is 4.20. The van der Waals surface area contributed by atoms with Gasteiger partial charge in [-0.15, -0.1) is 0 Å². The van der Waals surface area contributed by atoms with Crippen LogP contribution < -0.4 is 5.73 Å². The molecule has 0 spiro atoms. The fourth-order valence-electron chi connectivity index (χ4n) is 1.56. The van der Waals surface area contributed by atoms with E-state index >= 15 is 0 Å². The predicted molar refractivity (Wildman–Crippen MR) is 55.9 cm³/mol. The number of alkyl halides is 2. The number of aromatic nitrogens is 2. The third-order valence-corrected chi connectivity index (χ3v) is 2.50. The van der Waals surface area contributed by atoms with Crippen molar-refractivity contribution < 1.29 is 8.78 Å². The number of nitrogens with two attached hydrogens (primary N) is 1. The second-order valence-corrected chi connectivity index (χ2v) is 4.00. The van der Waals surface area contributed by atoms with E-state index in [1.807, 2.05) is 13.8 Å². The van der Waals surface area contributed by atoms with Crippen LogP contribution in [-0.2, 0) is 6.54 Å². The Morgan fingerprint density at radius 3 is 2.40 bits per heavy atom. The first-order valence-corrected chi connectivity index (χ1v) is 4.99. The molecule has 2 N–H and O–H groups in total. The number of hydrogen-bond acceptors (Lipinski definition) is 2. The topological polar surface area (TPSA) is 43.8 Å². The molecule has 0 aliphatic carbocycles. The van der Waals surface area contributed by atoms with Crippen LogP contribution in [0.3, 0.4) is 0 Å². The predicted octanol–water partition coefficient (Wildman–Crippen LogP) is 2.37. The summed E-state index contributed by atoms with van der Waals surface area (Å²) >= 11 is 0. The molecule has 0 amide bonds. The Bertz CT molecular complexity index is 334. The van der Waals surface area contributed by atoms with E-state index in [0.29, 0.717) is 12.2 Å². The van der Waals surface area contributed by atoms with Crippen LogP contribution in [0.5, 0.6) is 0 Å². The second kappa shape index (κ2) is 4.59. The summed E-state index contributed by atoms with van der Waals surface area (Å²) < 4.78 is 25.9. The average molecular weight is 217 g/mol. The van der Waals surface area contributed by atoms with Crippen molar-refractivity contribution in [2.75, 3.05) is 5.73 Å². The van der Waals surface area contributed by atoms with E-state index in [1.165, 1.54) is 0 Å². The van der Waals surface area contributed by atoms with Gasteiger partial charge in [0.25, 0.3) is 0 Å². The molecule has 15 heavy (non-hydrogen) atoms. The Balaban J connectivity index is 2.68.